The highest BCUT2D eigenvalue weighted by molar-refractivity contribution is 5.98. The summed E-state index contributed by atoms with van der Waals surface area (Å²) in [6.07, 6.45) is 1.99. The summed E-state index contributed by atoms with van der Waals surface area (Å²) >= 11 is 0. The van der Waals surface area contributed by atoms with Gasteiger partial charge in [0.05, 0.1) is 5.56 Å². The SMILES string of the molecule is C[C@@H](NC(=O)c1cccc2c1OCCO2)C1CCOCC1. The van der Waals surface area contributed by atoms with Gasteiger partial charge in [-0.15, -0.1) is 0 Å². The molecule has 0 radical (unpaired) electrons. The summed E-state index contributed by atoms with van der Waals surface area (Å²) < 4.78 is 16.5. The smallest absolute Gasteiger partial charge is 0.255 e. The van der Waals surface area contributed by atoms with E-state index >= 15 is 0 Å². The van der Waals surface area contributed by atoms with Gasteiger partial charge in [-0.05, 0) is 37.8 Å². The topological polar surface area (TPSA) is 56.8 Å². The molecule has 0 bridgehead atoms. The molecular formula is C16H21NO4. The molecular weight excluding hydrogens is 270 g/mol. The highest BCUT2D eigenvalue weighted by Crippen LogP contribution is 2.33. The van der Waals surface area contributed by atoms with Crippen molar-refractivity contribution >= 4 is 5.91 Å². The van der Waals surface area contributed by atoms with E-state index in [1.807, 2.05) is 12.1 Å². The number of rotatable bonds is 3. The first-order valence-electron chi connectivity index (χ1n) is 7.53. The van der Waals surface area contributed by atoms with Crippen LogP contribution in [0.3, 0.4) is 0 Å². The molecule has 2 aliphatic rings. The van der Waals surface area contributed by atoms with E-state index in [4.69, 9.17) is 14.2 Å². The number of ether oxygens (including phenoxy) is 3. The summed E-state index contributed by atoms with van der Waals surface area (Å²) in [6, 6.07) is 5.55. The van der Waals surface area contributed by atoms with Crippen molar-refractivity contribution in [3.63, 3.8) is 0 Å². The lowest BCUT2D eigenvalue weighted by Crippen LogP contribution is -2.40. The van der Waals surface area contributed by atoms with Crippen LogP contribution in [0.15, 0.2) is 18.2 Å². The fraction of sp³-hybridized carbons (Fsp3) is 0.562. The van der Waals surface area contributed by atoms with Crippen LogP contribution in [0.4, 0.5) is 0 Å². The van der Waals surface area contributed by atoms with Crippen LogP contribution in [0, 0.1) is 5.92 Å². The zero-order valence-corrected chi connectivity index (χ0v) is 12.3. The van der Waals surface area contributed by atoms with Crippen molar-refractivity contribution in [1.82, 2.24) is 5.32 Å². The zero-order chi connectivity index (χ0) is 14.7. The van der Waals surface area contributed by atoms with Gasteiger partial charge in [-0.3, -0.25) is 4.79 Å². The third kappa shape index (κ3) is 3.13. The lowest BCUT2D eigenvalue weighted by Gasteiger charge is -2.29. The van der Waals surface area contributed by atoms with Crippen molar-refractivity contribution in [3.05, 3.63) is 23.8 Å². The number of nitrogens with one attached hydrogen (secondary N) is 1. The van der Waals surface area contributed by atoms with Gasteiger partial charge in [-0.2, -0.15) is 0 Å². The lowest BCUT2D eigenvalue weighted by atomic mass is 9.92. The van der Waals surface area contributed by atoms with Gasteiger partial charge in [0.2, 0.25) is 0 Å². The number of fused-ring (bicyclic) bond motifs is 1. The molecule has 0 unspecified atom stereocenters. The Morgan fingerprint density at radius 1 is 1.19 bits per heavy atom. The fourth-order valence-electron chi connectivity index (χ4n) is 2.87. The first-order chi connectivity index (χ1) is 10.3. The molecule has 0 saturated carbocycles. The molecule has 114 valence electrons. The van der Waals surface area contributed by atoms with Gasteiger partial charge in [0.1, 0.15) is 13.2 Å². The van der Waals surface area contributed by atoms with Crippen molar-refractivity contribution in [3.8, 4) is 11.5 Å². The average molecular weight is 291 g/mol. The van der Waals surface area contributed by atoms with Crippen LogP contribution >= 0.6 is 0 Å². The molecule has 0 spiro atoms. The van der Waals surface area contributed by atoms with Crippen molar-refractivity contribution in [1.29, 1.82) is 0 Å². The molecule has 1 aromatic rings. The van der Waals surface area contributed by atoms with E-state index in [1.54, 1.807) is 6.07 Å². The Hall–Kier alpha value is -1.75. The van der Waals surface area contributed by atoms with Gasteiger partial charge in [0.25, 0.3) is 5.91 Å². The van der Waals surface area contributed by atoms with Gasteiger partial charge in [-0.25, -0.2) is 0 Å². The van der Waals surface area contributed by atoms with Crippen LogP contribution in [0.5, 0.6) is 11.5 Å². The van der Waals surface area contributed by atoms with E-state index in [-0.39, 0.29) is 11.9 Å². The second kappa shape index (κ2) is 6.35. The van der Waals surface area contributed by atoms with Crippen LogP contribution in [0.2, 0.25) is 0 Å². The van der Waals surface area contributed by atoms with Crippen molar-refractivity contribution in [2.45, 2.75) is 25.8 Å². The summed E-state index contributed by atoms with van der Waals surface area (Å²) in [5.74, 6) is 1.57. The summed E-state index contributed by atoms with van der Waals surface area (Å²) in [7, 11) is 0. The maximum absolute atomic E-state index is 12.5. The second-order valence-corrected chi connectivity index (χ2v) is 5.54. The number of hydrogen-bond acceptors (Lipinski definition) is 4. The van der Waals surface area contributed by atoms with Crippen LogP contribution in [0.25, 0.3) is 0 Å². The number of hydrogen-bond donors (Lipinski definition) is 1. The standard InChI is InChI=1S/C16H21NO4/c1-11(12-5-7-19-8-6-12)17-16(18)13-3-2-4-14-15(13)21-10-9-20-14/h2-4,11-12H,5-10H2,1H3,(H,17,18)/t11-/m1/s1. The Bertz CT molecular complexity index is 511. The maximum atomic E-state index is 12.5. The highest BCUT2D eigenvalue weighted by Gasteiger charge is 2.25. The monoisotopic (exact) mass is 291 g/mol. The minimum absolute atomic E-state index is 0.101. The van der Waals surface area contributed by atoms with Crippen molar-refractivity contribution < 1.29 is 19.0 Å². The van der Waals surface area contributed by atoms with E-state index in [0.29, 0.717) is 36.2 Å². The molecule has 2 aliphatic heterocycles. The second-order valence-electron chi connectivity index (χ2n) is 5.54. The van der Waals surface area contributed by atoms with Gasteiger partial charge in [-0.1, -0.05) is 6.07 Å². The van der Waals surface area contributed by atoms with Crippen LogP contribution < -0.4 is 14.8 Å². The molecule has 1 atom stereocenters. The first kappa shape index (κ1) is 14.2. The Labute approximate surface area is 124 Å². The van der Waals surface area contributed by atoms with Gasteiger partial charge in [0, 0.05) is 19.3 Å². The van der Waals surface area contributed by atoms with Crippen molar-refractivity contribution in [2.75, 3.05) is 26.4 Å². The normalized spacial score (nSPS) is 19.9. The minimum atomic E-state index is -0.101. The molecule has 1 aromatic carbocycles. The molecule has 5 heteroatoms. The molecule has 1 fully saturated rings. The molecule has 1 N–H and O–H groups in total. The first-order valence-corrected chi connectivity index (χ1v) is 7.53. The van der Waals surface area contributed by atoms with Crippen LogP contribution in [-0.2, 0) is 4.74 Å². The predicted octanol–water partition coefficient (Wildman–Crippen LogP) is 2.00. The quantitative estimate of drug-likeness (QED) is 0.925. The molecule has 1 amide bonds. The van der Waals surface area contributed by atoms with Gasteiger partial charge in [0.15, 0.2) is 11.5 Å². The fourth-order valence-corrected chi connectivity index (χ4v) is 2.87. The molecule has 3 rings (SSSR count). The summed E-state index contributed by atoms with van der Waals surface area (Å²) in [6.45, 7) is 4.62. The summed E-state index contributed by atoms with van der Waals surface area (Å²) in [5, 5.41) is 3.09. The van der Waals surface area contributed by atoms with E-state index in [1.165, 1.54) is 0 Å². The van der Waals surface area contributed by atoms with E-state index in [0.717, 1.165) is 26.1 Å². The van der Waals surface area contributed by atoms with E-state index in [2.05, 4.69) is 12.2 Å². The molecule has 0 aromatic heterocycles. The molecule has 1 saturated heterocycles. The summed E-state index contributed by atoms with van der Waals surface area (Å²) in [4.78, 5) is 12.5. The third-order valence-electron chi connectivity index (χ3n) is 4.14. The Balaban J connectivity index is 1.70. The van der Waals surface area contributed by atoms with E-state index < -0.39 is 0 Å². The van der Waals surface area contributed by atoms with Crippen LogP contribution in [0.1, 0.15) is 30.1 Å². The maximum Gasteiger partial charge on any atom is 0.255 e. The number of carbonyl (C=O) groups excluding carboxylic acids is 1. The van der Waals surface area contributed by atoms with E-state index in [9.17, 15) is 4.79 Å². The third-order valence-corrected chi connectivity index (χ3v) is 4.14. The van der Waals surface area contributed by atoms with Gasteiger partial charge < -0.3 is 19.5 Å². The predicted molar refractivity (Wildman–Crippen MR) is 77.9 cm³/mol. The lowest BCUT2D eigenvalue weighted by molar-refractivity contribution is 0.0537. The largest absolute Gasteiger partial charge is 0.486 e. The summed E-state index contributed by atoms with van der Waals surface area (Å²) in [5.41, 5.74) is 0.547. The van der Waals surface area contributed by atoms with Crippen molar-refractivity contribution in [2.24, 2.45) is 5.92 Å². The van der Waals surface area contributed by atoms with Crippen LogP contribution in [-0.4, -0.2) is 38.4 Å². The van der Waals surface area contributed by atoms with Gasteiger partial charge >= 0.3 is 0 Å². The zero-order valence-electron chi connectivity index (χ0n) is 12.3. The molecule has 2 heterocycles. The Morgan fingerprint density at radius 2 is 1.95 bits per heavy atom. The number of amides is 1. The number of para-hydroxylation sites is 1. The molecule has 21 heavy (non-hydrogen) atoms. The highest BCUT2D eigenvalue weighted by atomic mass is 16.6. The molecule has 5 nitrogen and oxygen atoms in total. The number of carbonyl (C=O) groups is 1. The minimum Gasteiger partial charge on any atom is -0.486 e. The average Bonchev–Trinajstić information content (AvgIpc) is 2.55. The Kier molecular flexibility index (Phi) is 4.29. The molecule has 0 aliphatic carbocycles. The number of benzene rings is 1. The Morgan fingerprint density at radius 3 is 2.76 bits per heavy atom.